The third-order valence-electron chi connectivity index (χ3n) is 4.94. The lowest BCUT2D eigenvalue weighted by Crippen LogP contribution is -2.35. The van der Waals surface area contributed by atoms with Crippen LogP contribution in [-0.4, -0.2) is 24.0 Å². The number of aryl methyl sites for hydroxylation is 2. The van der Waals surface area contributed by atoms with Crippen LogP contribution in [0.4, 0.5) is 5.69 Å². The SMILES string of the molecule is C=C(NC(=O)c1ccc(C)o1)C(=C)C1CCN(c2ccncc2C)CC1. The van der Waals surface area contributed by atoms with Gasteiger partial charge in [-0.05, 0) is 61.9 Å². The number of amides is 1. The molecule has 2 aromatic heterocycles. The summed E-state index contributed by atoms with van der Waals surface area (Å²) in [6.45, 7) is 14.0. The molecule has 1 saturated heterocycles. The number of hydrogen-bond donors (Lipinski definition) is 1. The molecule has 1 N–H and O–H groups in total. The second-order valence-electron chi connectivity index (χ2n) is 6.79. The predicted molar refractivity (Wildman–Crippen MR) is 103 cm³/mol. The van der Waals surface area contributed by atoms with E-state index in [0.717, 1.165) is 31.5 Å². The molecule has 2 aromatic rings. The predicted octanol–water partition coefficient (Wildman–Crippen LogP) is 4.01. The van der Waals surface area contributed by atoms with Gasteiger partial charge in [-0.1, -0.05) is 13.2 Å². The maximum atomic E-state index is 12.2. The van der Waals surface area contributed by atoms with Crippen molar-refractivity contribution in [1.82, 2.24) is 10.3 Å². The molecule has 1 fully saturated rings. The number of allylic oxidation sites excluding steroid dienone is 1. The van der Waals surface area contributed by atoms with Gasteiger partial charge in [0.15, 0.2) is 5.76 Å². The van der Waals surface area contributed by atoms with Crippen molar-refractivity contribution in [2.75, 3.05) is 18.0 Å². The number of nitrogens with one attached hydrogen (secondary N) is 1. The molecule has 1 aliphatic rings. The molecule has 0 saturated carbocycles. The van der Waals surface area contributed by atoms with Crippen LogP contribution < -0.4 is 10.2 Å². The zero-order valence-electron chi connectivity index (χ0n) is 15.4. The van der Waals surface area contributed by atoms with Crippen molar-refractivity contribution < 1.29 is 9.21 Å². The van der Waals surface area contributed by atoms with Gasteiger partial charge in [-0.2, -0.15) is 0 Å². The Morgan fingerprint density at radius 2 is 1.96 bits per heavy atom. The van der Waals surface area contributed by atoms with Gasteiger partial charge in [0.1, 0.15) is 5.76 Å². The lowest BCUT2D eigenvalue weighted by Gasteiger charge is -2.35. The van der Waals surface area contributed by atoms with Crippen LogP contribution in [0.15, 0.2) is 59.4 Å². The number of hydrogen-bond acceptors (Lipinski definition) is 4. The highest BCUT2D eigenvalue weighted by atomic mass is 16.3. The molecule has 0 unspecified atom stereocenters. The maximum absolute atomic E-state index is 12.2. The Morgan fingerprint density at radius 1 is 1.23 bits per heavy atom. The molecule has 0 spiro atoms. The highest BCUT2D eigenvalue weighted by Gasteiger charge is 2.24. The first-order valence-electron chi connectivity index (χ1n) is 8.87. The van der Waals surface area contributed by atoms with Gasteiger partial charge in [0.2, 0.25) is 0 Å². The highest BCUT2D eigenvalue weighted by molar-refractivity contribution is 5.93. The first-order valence-corrected chi connectivity index (χ1v) is 8.87. The van der Waals surface area contributed by atoms with Crippen LogP contribution in [0.25, 0.3) is 0 Å². The van der Waals surface area contributed by atoms with Gasteiger partial charge in [0, 0.05) is 36.9 Å². The average molecular weight is 351 g/mol. The van der Waals surface area contributed by atoms with E-state index in [2.05, 4.69) is 41.3 Å². The summed E-state index contributed by atoms with van der Waals surface area (Å²) in [6.07, 6.45) is 5.69. The van der Waals surface area contributed by atoms with Crippen molar-refractivity contribution in [3.8, 4) is 0 Å². The van der Waals surface area contributed by atoms with Gasteiger partial charge < -0.3 is 14.6 Å². The Labute approximate surface area is 154 Å². The van der Waals surface area contributed by atoms with E-state index in [1.54, 1.807) is 12.1 Å². The normalized spacial score (nSPS) is 14.9. The summed E-state index contributed by atoms with van der Waals surface area (Å²) in [5.41, 5.74) is 3.90. The first kappa shape index (κ1) is 18.0. The molecular formula is C21H25N3O2. The standard InChI is InChI=1S/C21H25N3O2/c1-14-13-22-10-7-19(14)24-11-8-18(9-12-24)16(3)17(4)23-21(25)20-6-5-15(2)26-20/h5-7,10,13,18H,3-4,8-9,11-12H2,1-2H3,(H,23,25). The molecule has 136 valence electrons. The van der Waals surface area contributed by atoms with Gasteiger partial charge in [0.05, 0.1) is 0 Å². The second kappa shape index (κ2) is 7.60. The van der Waals surface area contributed by atoms with E-state index in [-0.39, 0.29) is 5.91 Å². The summed E-state index contributed by atoms with van der Waals surface area (Å²) in [7, 11) is 0. The van der Waals surface area contributed by atoms with E-state index in [1.165, 1.54) is 11.3 Å². The zero-order chi connectivity index (χ0) is 18.7. The van der Waals surface area contributed by atoms with Crippen LogP contribution in [0.5, 0.6) is 0 Å². The Kier molecular flexibility index (Phi) is 5.26. The summed E-state index contributed by atoms with van der Waals surface area (Å²) in [6, 6.07) is 5.49. The minimum Gasteiger partial charge on any atom is -0.456 e. The summed E-state index contributed by atoms with van der Waals surface area (Å²) in [5, 5.41) is 2.81. The molecule has 1 aliphatic heterocycles. The van der Waals surface area contributed by atoms with E-state index in [9.17, 15) is 4.79 Å². The summed E-state index contributed by atoms with van der Waals surface area (Å²) >= 11 is 0. The number of piperidine rings is 1. The van der Waals surface area contributed by atoms with Crippen LogP contribution in [0.3, 0.4) is 0 Å². The number of aromatic nitrogens is 1. The van der Waals surface area contributed by atoms with Crippen LogP contribution in [0.1, 0.15) is 34.7 Å². The quantitative estimate of drug-likeness (QED) is 0.827. The van der Waals surface area contributed by atoms with Crippen LogP contribution in [0, 0.1) is 19.8 Å². The molecule has 0 aliphatic carbocycles. The first-order chi connectivity index (χ1) is 12.5. The van der Waals surface area contributed by atoms with Crippen molar-refractivity contribution in [3.05, 3.63) is 72.1 Å². The van der Waals surface area contributed by atoms with E-state index in [1.807, 2.05) is 19.3 Å². The van der Waals surface area contributed by atoms with Gasteiger partial charge in [-0.3, -0.25) is 9.78 Å². The summed E-state index contributed by atoms with van der Waals surface area (Å²) < 4.78 is 5.35. The number of carbonyl (C=O) groups is 1. The van der Waals surface area contributed by atoms with E-state index in [0.29, 0.717) is 23.1 Å². The number of carbonyl (C=O) groups excluding carboxylic acids is 1. The summed E-state index contributed by atoms with van der Waals surface area (Å²) in [5.74, 6) is 1.03. The molecule has 1 amide bonds. The average Bonchev–Trinajstić information content (AvgIpc) is 3.08. The van der Waals surface area contributed by atoms with Gasteiger partial charge in [-0.25, -0.2) is 0 Å². The van der Waals surface area contributed by atoms with E-state index in [4.69, 9.17) is 4.42 Å². The third-order valence-corrected chi connectivity index (χ3v) is 4.94. The molecule has 26 heavy (non-hydrogen) atoms. The Morgan fingerprint density at radius 3 is 2.58 bits per heavy atom. The minimum atomic E-state index is -0.283. The number of furan rings is 1. The molecule has 3 heterocycles. The van der Waals surface area contributed by atoms with Crippen molar-refractivity contribution in [1.29, 1.82) is 0 Å². The number of rotatable bonds is 5. The minimum absolute atomic E-state index is 0.283. The third kappa shape index (κ3) is 3.87. The largest absolute Gasteiger partial charge is 0.456 e. The van der Waals surface area contributed by atoms with Crippen LogP contribution >= 0.6 is 0 Å². The fraction of sp³-hybridized carbons (Fsp3) is 0.333. The van der Waals surface area contributed by atoms with Gasteiger partial charge in [-0.15, -0.1) is 0 Å². The van der Waals surface area contributed by atoms with Crippen molar-refractivity contribution in [2.24, 2.45) is 5.92 Å². The number of pyridine rings is 1. The maximum Gasteiger partial charge on any atom is 0.291 e. The van der Waals surface area contributed by atoms with Crippen molar-refractivity contribution >= 4 is 11.6 Å². The second-order valence-corrected chi connectivity index (χ2v) is 6.79. The lowest BCUT2D eigenvalue weighted by atomic mass is 9.88. The highest BCUT2D eigenvalue weighted by Crippen LogP contribution is 2.30. The molecule has 0 atom stereocenters. The Bertz CT molecular complexity index is 829. The summed E-state index contributed by atoms with van der Waals surface area (Å²) in [4.78, 5) is 18.8. The molecule has 0 aromatic carbocycles. The van der Waals surface area contributed by atoms with Gasteiger partial charge >= 0.3 is 0 Å². The molecule has 5 nitrogen and oxygen atoms in total. The lowest BCUT2D eigenvalue weighted by molar-refractivity contribution is 0.0937. The fourth-order valence-corrected chi connectivity index (χ4v) is 3.37. The van der Waals surface area contributed by atoms with Crippen molar-refractivity contribution in [2.45, 2.75) is 26.7 Å². The Hall–Kier alpha value is -2.82. The monoisotopic (exact) mass is 351 g/mol. The molecular weight excluding hydrogens is 326 g/mol. The van der Waals surface area contributed by atoms with Crippen molar-refractivity contribution in [3.63, 3.8) is 0 Å². The molecule has 0 bridgehead atoms. The Balaban J connectivity index is 1.55. The topological polar surface area (TPSA) is 58.4 Å². The fourth-order valence-electron chi connectivity index (χ4n) is 3.37. The number of nitrogens with zero attached hydrogens (tertiary/aromatic N) is 2. The zero-order valence-corrected chi connectivity index (χ0v) is 15.4. The van der Waals surface area contributed by atoms with E-state index >= 15 is 0 Å². The van der Waals surface area contributed by atoms with E-state index < -0.39 is 0 Å². The van der Waals surface area contributed by atoms with Gasteiger partial charge in [0.25, 0.3) is 5.91 Å². The molecule has 0 radical (unpaired) electrons. The number of anilines is 1. The smallest absolute Gasteiger partial charge is 0.291 e. The molecule has 5 heteroatoms. The van der Waals surface area contributed by atoms with Crippen LogP contribution in [-0.2, 0) is 0 Å². The van der Waals surface area contributed by atoms with Crippen LogP contribution in [0.2, 0.25) is 0 Å². The molecule has 3 rings (SSSR count).